The van der Waals surface area contributed by atoms with Crippen molar-refractivity contribution < 1.29 is 12.8 Å². The molecule has 3 aromatic rings. The minimum Gasteiger partial charge on any atom is -0.280 e. The number of aryl methyl sites for hydroxylation is 2. The van der Waals surface area contributed by atoms with E-state index in [-0.39, 0.29) is 9.92 Å². The number of nitrogens with one attached hydrogen (secondary N) is 1. The molecule has 0 aliphatic heterocycles. The number of hydrogen-bond acceptors (Lipinski definition) is 3. The van der Waals surface area contributed by atoms with Crippen molar-refractivity contribution in [2.75, 3.05) is 4.72 Å². The number of benzene rings is 2. The molecule has 0 aliphatic carbocycles. The molecule has 0 fully saturated rings. The minimum atomic E-state index is -4.00. The summed E-state index contributed by atoms with van der Waals surface area (Å²) in [5.41, 5.74) is 3.17. The fraction of sp³-hybridized carbons (Fsp3) is 0.167. The first-order chi connectivity index (χ1) is 12.2. The lowest BCUT2D eigenvalue weighted by molar-refractivity contribution is 0.595. The summed E-state index contributed by atoms with van der Waals surface area (Å²) in [6.45, 7) is 4.38. The topological polar surface area (TPSA) is 64.0 Å². The van der Waals surface area contributed by atoms with E-state index in [0.29, 0.717) is 12.2 Å². The molecule has 0 amide bonds. The van der Waals surface area contributed by atoms with Gasteiger partial charge >= 0.3 is 0 Å². The SMILES string of the molecule is Cc1cc(C)n(Cc2cccc(NS(=O)(=O)c3cc(F)ccc3Cl)c2)n1. The van der Waals surface area contributed by atoms with Gasteiger partial charge in [-0.1, -0.05) is 23.7 Å². The van der Waals surface area contributed by atoms with Gasteiger partial charge in [0.2, 0.25) is 0 Å². The highest BCUT2D eigenvalue weighted by atomic mass is 35.5. The van der Waals surface area contributed by atoms with E-state index < -0.39 is 15.8 Å². The first kappa shape index (κ1) is 18.4. The summed E-state index contributed by atoms with van der Waals surface area (Å²) in [5.74, 6) is -0.673. The number of halogens is 2. The van der Waals surface area contributed by atoms with E-state index >= 15 is 0 Å². The molecule has 1 aromatic heterocycles. The van der Waals surface area contributed by atoms with Crippen LogP contribution < -0.4 is 4.72 Å². The molecule has 0 radical (unpaired) electrons. The lowest BCUT2D eigenvalue weighted by atomic mass is 10.2. The molecule has 136 valence electrons. The highest BCUT2D eigenvalue weighted by Crippen LogP contribution is 2.25. The molecule has 8 heteroatoms. The third-order valence-electron chi connectivity index (χ3n) is 3.80. The molecular formula is C18H17ClFN3O2S. The molecule has 0 aliphatic rings. The summed E-state index contributed by atoms with van der Waals surface area (Å²) in [5, 5.41) is 4.35. The Kier molecular flexibility index (Phi) is 5.02. The van der Waals surface area contributed by atoms with Gasteiger partial charge in [0.15, 0.2) is 0 Å². The second-order valence-corrected chi connectivity index (χ2v) is 8.02. The van der Waals surface area contributed by atoms with E-state index in [1.807, 2.05) is 30.7 Å². The van der Waals surface area contributed by atoms with Crippen LogP contribution in [-0.2, 0) is 16.6 Å². The van der Waals surface area contributed by atoms with Crippen LogP contribution in [0.25, 0.3) is 0 Å². The summed E-state index contributed by atoms with van der Waals surface area (Å²) < 4.78 is 42.7. The van der Waals surface area contributed by atoms with E-state index in [2.05, 4.69) is 9.82 Å². The van der Waals surface area contributed by atoms with Crippen molar-refractivity contribution in [3.05, 3.63) is 76.3 Å². The largest absolute Gasteiger partial charge is 0.280 e. The Morgan fingerprint density at radius 2 is 1.92 bits per heavy atom. The average Bonchev–Trinajstić information content (AvgIpc) is 2.87. The maximum Gasteiger partial charge on any atom is 0.263 e. The Morgan fingerprint density at radius 1 is 1.15 bits per heavy atom. The molecule has 26 heavy (non-hydrogen) atoms. The van der Waals surface area contributed by atoms with Crippen LogP contribution in [0.2, 0.25) is 5.02 Å². The predicted molar refractivity (Wildman–Crippen MR) is 99.5 cm³/mol. The van der Waals surface area contributed by atoms with Crippen molar-refractivity contribution in [2.45, 2.75) is 25.3 Å². The van der Waals surface area contributed by atoms with Crippen LogP contribution >= 0.6 is 11.6 Å². The fourth-order valence-electron chi connectivity index (χ4n) is 2.63. The zero-order valence-corrected chi connectivity index (χ0v) is 15.8. The molecular weight excluding hydrogens is 377 g/mol. The number of hydrogen-bond donors (Lipinski definition) is 1. The van der Waals surface area contributed by atoms with E-state index in [1.165, 1.54) is 6.07 Å². The van der Waals surface area contributed by atoms with E-state index in [1.54, 1.807) is 18.2 Å². The molecule has 1 N–H and O–H groups in total. The summed E-state index contributed by atoms with van der Waals surface area (Å²) >= 11 is 5.91. The van der Waals surface area contributed by atoms with Crippen LogP contribution in [0.15, 0.2) is 53.4 Å². The maximum atomic E-state index is 13.4. The molecule has 0 saturated carbocycles. The van der Waals surface area contributed by atoms with Crippen molar-refractivity contribution in [3.63, 3.8) is 0 Å². The van der Waals surface area contributed by atoms with Crippen molar-refractivity contribution in [1.82, 2.24) is 9.78 Å². The normalized spacial score (nSPS) is 11.5. The Balaban J connectivity index is 1.86. The Morgan fingerprint density at radius 3 is 2.62 bits per heavy atom. The number of sulfonamides is 1. The van der Waals surface area contributed by atoms with Gasteiger partial charge in [-0.05, 0) is 55.8 Å². The second-order valence-electron chi connectivity index (χ2n) is 5.97. The first-order valence-electron chi connectivity index (χ1n) is 7.82. The number of anilines is 1. The van der Waals surface area contributed by atoms with Crippen molar-refractivity contribution in [3.8, 4) is 0 Å². The highest BCUT2D eigenvalue weighted by molar-refractivity contribution is 7.92. The molecule has 0 unspecified atom stereocenters. The molecule has 0 bridgehead atoms. The van der Waals surface area contributed by atoms with Gasteiger partial charge in [-0.2, -0.15) is 5.10 Å². The summed E-state index contributed by atoms with van der Waals surface area (Å²) in [4.78, 5) is -0.303. The lowest BCUT2D eigenvalue weighted by Crippen LogP contribution is -2.14. The van der Waals surface area contributed by atoms with Gasteiger partial charge in [0.1, 0.15) is 10.7 Å². The smallest absolute Gasteiger partial charge is 0.263 e. The quantitative estimate of drug-likeness (QED) is 0.708. The lowest BCUT2D eigenvalue weighted by Gasteiger charge is -2.11. The highest BCUT2D eigenvalue weighted by Gasteiger charge is 2.19. The van der Waals surface area contributed by atoms with Gasteiger partial charge in [0.25, 0.3) is 10.0 Å². The number of rotatable bonds is 5. The summed E-state index contributed by atoms with van der Waals surface area (Å²) in [6, 6.07) is 12.1. The number of nitrogens with zero attached hydrogens (tertiary/aromatic N) is 2. The molecule has 2 aromatic carbocycles. The second kappa shape index (κ2) is 7.09. The number of aromatic nitrogens is 2. The van der Waals surface area contributed by atoms with Crippen LogP contribution in [-0.4, -0.2) is 18.2 Å². The standard InChI is InChI=1S/C18H17ClFN3O2S/c1-12-8-13(2)23(21-12)11-14-4-3-5-16(9-14)22-26(24,25)18-10-15(20)6-7-17(18)19/h3-10,22H,11H2,1-2H3. The van der Waals surface area contributed by atoms with Crippen LogP contribution in [0.1, 0.15) is 17.0 Å². The van der Waals surface area contributed by atoms with Gasteiger partial charge in [-0.25, -0.2) is 12.8 Å². The zero-order valence-electron chi connectivity index (χ0n) is 14.2. The van der Waals surface area contributed by atoms with E-state index in [0.717, 1.165) is 29.1 Å². The Bertz CT molecular complexity index is 1060. The van der Waals surface area contributed by atoms with Crippen LogP contribution in [0.4, 0.5) is 10.1 Å². The first-order valence-corrected chi connectivity index (χ1v) is 9.68. The van der Waals surface area contributed by atoms with Gasteiger partial charge in [-0.3, -0.25) is 9.40 Å². The molecule has 0 saturated heterocycles. The fourth-order valence-corrected chi connectivity index (χ4v) is 4.20. The summed E-state index contributed by atoms with van der Waals surface area (Å²) in [7, 11) is -4.00. The van der Waals surface area contributed by atoms with Crippen molar-refractivity contribution in [2.24, 2.45) is 0 Å². The van der Waals surface area contributed by atoms with E-state index in [9.17, 15) is 12.8 Å². The van der Waals surface area contributed by atoms with Gasteiger partial charge in [0.05, 0.1) is 17.3 Å². The van der Waals surface area contributed by atoms with Crippen LogP contribution in [0.3, 0.4) is 0 Å². The van der Waals surface area contributed by atoms with Crippen LogP contribution in [0.5, 0.6) is 0 Å². The summed E-state index contributed by atoms with van der Waals surface area (Å²) in [6.07, 6.45) is 0. The molecule has 1 heterocycles. The molecule has 0 atom stereocenters. The Hall–Kier alpha value is -2.38. The predicted octanol–water partition coefficient (Wildman–Crippen LogP) is 4.14. The van der Waals surface area contributed by atoms with Gasteiger partial charge < -0.3 is 0 Å². The Labute approximate surface area is 156 Å². The molecule has 0 spiro atoms. The zero-order chi connectivity index (χ0) is 18.9. The van der Waals surface area contributed by atoms with Gasteiger partial charge in [0, 0.05) is 11.4 Å². The van der Waals surface area contributed by atoms with Crippen LogP contribution in [0, 0.1) is 19.7 Å². The minimum absolute atomic E-state index is 0.0438. The third kappa shape index (κ3) is 4.05. The van der Waals surface area contributed by atoms with Crippen molar-refractivity contribution >= 4 is 27.3 Å². The van der Waals surface area contributed by atoms with Gasteiger partial charge in [-0.15, -0.1) is 0 Å². The molecule has 3 rings (SSSR count). The third-order valence-corrected chi connectivity index (χ3v) is 5.66. The monoisotopic (exact) mass is 393 g/mol. The maximum absolute atomic E-state index is 13.4. The molecule has 5 nitrogen and oxygen atoms in total. The van der Waals surface area contributed by atoms with Crippen molar-refractivity contribution in [1.29, 1.82) is 0 Å². The average molecular weight is 394 g/mol. The van der Waals surface area contributed by atoms with E-state index in [4.69, 9.17) is 11.6 Å².